The van der Waals surface area contributed by atoms with Gasteiger partial charge in [0.1, 0.15) is 0 Å². The van der Waals surface area contributed by atoms with Crippen LogP contribution in [0.15, 0.2) is 40.4 Å². The van der Waals surface area contributed by atoms with Gasteiger partial charge in [0.25, 0.3) is 0 Å². The SMILES string of the molecule is CN1CCc2c(-c3ccccc3S(=O)(=O)N(C)C)cc3c(N=O)c(O)[nH]c3c2C1. The number of hydrogen-bond acceptors (Lipinski definition) is 6. The molecule has 0 amide bonds. The Labute approximate surface area is 168 Å². The lowest BCUT2D eigenvalue weighted by molar-refractivity contribution is 0.314. The molecule has 1 aliphatic heterocycles. The summed E-state index contributed by atoms with van der Waals surface area (Å²) in [5.41, 5.74) is 3.86. The first-order valence-corrected chi connectivity index (χ1v) is 10.6. The summed E-state index contributed by atoms with van der Waals surface area (Å²) in [5.74, 6) is -0.281. The van der Waals surface area contributed by atoms with Gasteiger partial charge >= 0.3 is 0 Å². The van der Waals surface area contributed by atoms with Gasteiger partial charge < -0.3 is 15.0 Å². The molecule has 0 spiro atoms. The fraction of sp³-hybridized carbons (Fsp3) is 0.300. The number of H-pyrrole nitrogens is 1. The summed E-state index contributed by atoms with van der Waals surface area (Å²) in [4.78, 5) is 16.6. The first-order chi connectivity index (χ1) is 13.8. The van der Waals surface area contributed by atoms with Crippen LogP contribution in [0.3, 0.4) is 0 Å². The van der Waals surface area contributed by atoms with E-state index in [0.29, 0.717) is 23.0 Å². The maximum atomic E-state index is 12.9. The normalized spacial score (nSPS) is 15.0. The quantitative estimate of drug-likeness (QED) is 0.638. The number of fused-ring (bicyclic) bond motifs is 3. The lowest BCUT2D eigenvalue weighted by Crippen LogP contribution is -2.27. The summed E-state index contributed by atoms with van der Waals surface area (Å²) in [5, 5.41) is 13.6. The smallest absolute Gasteiger partial charge is 0.243 e. The molecule has 1 aliphatic rings. The van der Waals surface area contributed by atoms with Crippen molar-refractivity contribution in [1.29, 1.82) is 0 Å². The summed E-state index contributed by atoms with van der Waals surface area (Å²) >= 11 is 0. The van der Waals surface area contributed by atoms with Gasteiger partial charge in [0.05, 0.1) is 10.4 Å². The Balaban J connectivity index is 2.10. The molecule has 2 N–H and O–H groups in total. The molecule has 1 aromatic heterocycles. The van der Waals surface area contributed by atoms with Crippen LogP contribution < -0.4 is 0 Å². The minimum atomic E-state index is -3.68. The maximum Gasteiger partial charge on any atom is 0.243 e. The summed E-state index contributed by atoms with van der Waals surface area (Å²) < 4.78 is 27.1. The highest BCUT2D eigenvalue weighted by atomic mass is 32.2. The van der Waals surface area contributed by atoms with Crippen molar-refractivity contribution in [3.05, 3.63) is 46.4 Å². The topological polar surface area (TPSA) is 106 Å². The number of rotatable bonds is 4. The van der Waals surface area contributed by atoms with Crippen molar-refractivity contribution >= 4 is 26.6 Å². The van der Waals surface area contributed by atoms with Crippen molar-refractivity contribution in [1.82, 2.24) is 14.2 Å². The minimum absolute atomic E-state index is 0.0646. The summed E-state index contributed by atoms with van der Waals surface area (Å²) in [6.07, 6.45) is 0.719. The zero-order chi connectivity index (χ0) is 20.9. The van der Waals surface area contributed by atoms with Gasteiger partial charge in [-0.3, -0.25) is 0 Å². The second-order valence-corrected chi connectivity index (χ2v) is 9.61. The van der Waals surface area contributed by atoms with Crippen LogP contribution in [-0.2, 0) is 23.0 Å². The van der Waals surface area contributed by atoms with Crippen LogP contribution in [0.4, 0.5) is 5.69 Å². The van der Waals surface area contributed by atoms with E-state index in [1.807, 2.05) is 7.05 Å². The first-order valence-electron chi connectivity index (χ1n) is 9.19. The number of aromatic hydroxyl groups is 1. The monoisotopic (exact) mass is 414 g/mol. The molecule has 0 aliphatic carbocycles. The molecule has 8 nitrogen and oxygen atoms in total. The number of aromatic nitrogens is 1. The molecule has 0 atom stereocenters. The number of nitrogens with zero attached hydrogens (tertiary/aromatic N) is 3. The van der Waals surface area contributed by atoms with E-state index in [1.165, 1.54) is 18.4 Å². The molecule has 9 heteroatoms. The molecule has 152 valence electrons. The zero-order valence-corrected chi connectivity index (χ0v) is 17.2. The largest absolute Gasteiger partial charge is 0.493 e. The van der Waals surface area contributed by atoms with Crippen molar-refractivity contribution < 1.29 is 13.5 Å². The molecule has 3 aromatic rings. The summed E-state index contributed by atoms with van der Waals surface area (Å²) in [6.45, 7) is 1.43. The van der Waals surface area contributed by atoms with E-state index in [9.17, 15) is 18.4 Å². The Morgan fingerprint density at radius 3 is 2.59 bits per heavy atom. The Hall–Kier alpha value is -2.75. The highest BCUT2D eigenvalue weighted by molar-refractivity contribution is 7.89. The number of sulfonamides is 1. The van der Waals surface area contributed by atoms with Crippen molar-refractivity contribution in [3.8, 4) is 17.0 Å². The lowest BCUT2D eigenvalue weighted by Gasteiger charge is -2.28. The van der Waals surface area contributed by atoms with Gasteiger partial charge in [0.2, 0.25) is 15.9 Å². The predicted molar refractivity (Wildman–Crippen MR) is 112 cm³/mol. The lowest BCUT2D eigenvalue weighted by atomic mass is 9.88. The van der Waals surface area contributed by atoms with Gasteiger partial charge in [0.15, 0.2) is 5.69 Å². The number of aromatic amines is 1. The van der Waals surface area contributed by atoms with E-state index in [1.54, 1.807) is 30.3 Å². The molecule has 0 saturated carbocycles. The van der Waals surface area contributed by atoms with Crippen LogP contribution in [0, 0.1) is 4.91 Å². The highest BCUT2D eigenvalue weighted by Gasteiger charge is 2.28. The fourth-order valence-electron chi connectivity index (χ4n) is 3.97. The predicted octanol–water partition coefficient (Wildman–Crippen LogP) is 3.18. The highest BCUT2D eigenvalue weighted by Crippen LogP contribution is 2.44. The number of hydrogen-bond donors (Lipinski definition) is 2. The van der Waals surface area contributed by atoms with Gasteiger partial charge in [-0.25, -0.2) is 12.7 Å². The second kappa shape index (κ2) is 6.94. The summed E-state index contributed by atoms with van der Waals surface area (Å²) in [7, 11) is 1.31. The van der Waals surface area contributed by atoms with E-state index in [4.69, 9.17) is 0 Å². The van der Waals surface area contributed by atoms with Crippen molar-refractivity contribution in [2.75, 3.05) is 27.7 Å². The van der Waals surface area contributed by atoms with Crippen LogP contribution in [0.5, 0.6) is 5.88 Å². The van der Waals surface area contributed by atoms with E-state index >= 15 is 0 Å². The average Bonchev–Trinajstić information content (AvgIpc) is 3.02. The van der Waals surface area contributed by atoms with Gasteiger partial charge in [0, 0.05) is 38.1 Å². The van der Waals surface area contributed by atoms with Crippen LogP contribution in [0.2, 0.25) is 0 Å². The molecule has 0 unspecified atom stereocenters. The molecule has 0 saturated heterocycles. The average molecular weight is 414 g/mol. The number of benzene rings is 2. The maximum absolute atomic E-state index is 12.9. The van der Waals surface area contributed by atoms with Crippen LogP contribution in [0.1, 0.15) is 11.1 Å². The van der Waals surface area contributed by atoms with Gasteiger partial charge in [-0.1, -0.05) is 18.2 Å². The molecule has 4 rings (SSSR count). The number of likely N-dealkylation sites (N-methyl/N-ethyl adjacent to an activating group) is 1. The molecular weight excluding hydrogens is 392 g/mol. The van der Waals surface area contributed by atoms with E-state index < -0.39 is 10.0 Å². The van der Waals surface area contributed by atoms with Crippen molar-refractivity contribution in [2.24, 2.45) is 5.18 Å². The van der Waals surface area contributed by atoms with Gasteiger partial charge in [-0.2, -0.15) is 0 Å². The number of nitrogens with one attached hydrogen (secondary N) is 1. The molecule has 0 fully saturated rings. The molecule has 2 aromatic carbocycles. The Bertz CT molecular complexity index is 1230. The van der Waals surface area contributed by atoms with E-state index in [2.05, 4.69) is 15.1 Å². The third kappa shape index (κ3) is 3.02. The van der Waals surface area contributed by atoms with Crippen LogP contribution in [-0.4, -0.2) is 55.4 Å². The molecule has 0 bridgehead atoms. The van der Waals surface area contributed by atoms with Gasteiger partial charge in [-0.15, -0.1) is 4.91 Å². The Morgan fingerprint density at radius 1 is 1.17 bits per heavy atom. The third-order valence-corrected chi connectivity index (χ3v) is 7.34. The minimum Gasteiger partial charge on any atom is -0.493 e. The molecule has 2 heterocycles. The van der Waals surface area contributed by atoms with E-state index in [-0.39, 0.29) is 16.5 Å². The van der Waals surface area contributed by atoms with Gasteiger partial charge in [-0.05, 0) is 47.5 Å². The van der Waals surface area contributed by atoms with Crippen molar-refractivity contribution in [2.45, 2.75) is 17.9 Å². The standard InChI is InChI=1S/C20H22N4O4S/c1-23(2)29(27,28)17-7-5-4-6-13(17)14-10-15-18(21-20(25)19(15)22-26)16-11-24(3)9-8-12(14)16/h4-7,10,21,25H,8-9,11H2,1-3H3. The van der Waals surface area contributed by atoms with Crippen molar-refractivity contribution in [3.63, 3.8) is 0 Å². The number of nitroso groups, excluding NO2 is 1. The Kier molecular flexibility index (Phi) is 4.68. The second-order valence-electron chi connectivity index (χ2n) is 7.49. The third-order valence-electron chi connectivity index (χ3n) is 5.47. The van der Waals surface area contributed by atoms with E-state index in [0.717, 1.165) is 29.7 Å². The van der Waals surface area contributed by atoms with Crippen LogP contribution >= 0.6 is 0 Å². The molecule has 0 radical (unpaired) electrons. The van der Waals surface area contributed by atoms with Crippen LogP contribution in [0.25, 0.3) is 22.0 Å². The first kappa shape index (κ1) is 19.6. The Morgan fingerprint density at radius 2 is 1.90 bits per heavy atom. The molecule has 29 heavy (non-hydrogen) atoms. The fourth-order valence-corrected chi connectivity index (χ4v) is 5.07. The summed E-state index contributed by atoms with van der Waals surface area (Å²) in [6, 6.07) is 8.61. The zero-order valence-electron chi connectivity index (χ0n) is 16.4. The molecular formula is C20H22N4O4S.